The molecule has 36 heavy (non-hydrogen) atoms. The van der Waals surface area contributed by atoms with Gasteiger partial charge in [-0.25, -0.2) is 8.42 Å². The van der Waals surface area contributed by atoms with Gasteiger partial charge in [0.1, 0.15) is 6.04 Å². The van der Waals surface area contributed by atoms with Crippen molar-refractivity contribution in [3.05, 3.63) is 64.7 Å². The van der Waals surface area contributed by atoms with Crippen LogP contribution in [0.15, 0.2) is 48.5 Å². The van der Waals surface area contributed by atoms with Crippen molar-refractivity contribution in [3.63, 3.8) is 0 Å². The van der Waals surface area contributed by atoms with E-state index in [4.69, 9.17) is 11.6 Å². The summed E-state index contributed by atoms with van der Waals surface area (Å²) in [5.74, 6) is -0.0848. The summed E-state index contributed by atoms with van der Waals surface area (Å²) in [6.07, 6.45) is 2.18. The smallest absolute Gasteiger partial charge is 0.242 e. The number of aryl methyl sites for hydroxylation is 1. The fraction of sp³-hybridized carbons (Fsp3) is 0.481. The molecule has 0 radical (unpaired) electrons. The van der Waals surface area contributed by atoms with Crippen molar-refractivity contribution < 1.29 is 18.0 Å². The second-order valence-corrected chi connectivity index (χ2v) is 11.9. The zero-order chi connectivity index (χ0) is 26.9. The van der Waals surface area contributed by atoms with E-state index in [0.717, 1.165) is 17.4 Å². The molecule has 2 rings (SSSR count). The predicted molar refractivity (Wildman–Crippen MR) is 147 cm³/mol. The molecule has 0 aromatic heterocycles. The third-order valence-electron chi connectivity index (χ3n) is 5.93. The molecule has 1 unspecified atom stereocenters. The first-order chi connectivity index (χ1) is 16.9. The van der Waals surface area contributed by atoms with Crippen LogP contribution in [0.25, 0.3) is 0 Å². The number of nitrogens with zero attached hydrogens (tertiary/aromatic N) is 2. The van der Waals surface area contributed by atoms with Gasteiger partial charge < -0.3 is 10.2 Å². The number of hydrogen-bond donors (Lipinski definition) is 1. The molecule has 1 atom stereocenters. The Bertz CT molecular complexity index is 1120. The number of hydrogen-bond acceptors (Lipinski definition) is 4. The third-order valence-corrected chi connectivity index (χ3v) is 7.34. The minimum atomic E-state index is -3.58. The Hall–Kier alpha value is -2.58. The molecular weight excluding hydrogens is 498 g/mol. The number of amides is 2. The lowest BCUT2D eigenvalue weighted by Crippen LogP contribution is -2.49. The predicted octanol–water partition coefficient (Wildman–Crippen LogP) is 4.43. The highest BCUT2D eigenvalue weighted by molar-refractivity contribution is 7.92. The summed E-state index contributed by atoms with van der Waals surface area (Å²) in [6, 6.07) is 14.3. The first-order valence-corrected chi connectivity index (χ1v) is 14.5. The van der Waals surface area contributed by atoms with E-state index < -0.39 is 16.1 Å². The summed E-state index contributed by atoms with van der Waals surface area (Å²) in [4.78, 5) is 27.7. The molecule has 1 N–H and O–H groups in total. The van der Waals surface area contributed by atoms with Crippen molar-refractivity contribution in [1.82, 2.24) is 10.2 Å². The maximum atomic E-state index is 13.3. The van der Waals surface area contributed by atoms with Crippen LogP contribution in [-0.2, 0) is 26.0 Å². The minimum Gasteiger partial charge on any atom is -0.354 e. The average Bonchev–Trinajstić information content (AvgIpc) is 2.81. The van der Waals surface area contributed by atoms with Gasteiger partial charge in [0.15, 0.2) is 0 Å². The third kappa shape index (κ3) is 9.13. The van der Waals surface area contributed by atoms with Crippen molar-refractivity contribution in [2.45, 2.75) is 53.0 Å². The molecule has 0 aliphatic carbocycles. The number of anilines is 1. The van der Waals surface area contributed by atoms with Gasteiger partial charge >= 0.3 is 0 Å². The van der Waals surface area contributed by atoms with Gasteiger partial charge in [-0.15, -0.1) is 0 Å². The van der Waals surface area contributed by atoms with Gasteiger partial charge in [0.2, 0.25) is 21.8 Å². The van der Waals surface area contributed by atoms with E-state index in [-0.39, 0.29) is 24.8 Å². The first kappa shape index (κ1) is 29.6. The van der Waals surface area contributed by atoms with E-state index in [0.29, 0.717) is 42.6 Å². The quantitative estimate of drug-likeness (QED) is 0.411. The number of sulfonamides is 1. The molecule has 0 heterocycles. The van der Waals surface area contributed by atoms with Crippen molar-refractivity contribution in [1.29, 1.82) is 0 Å². The van der Waals surface area contributed by atoms with E-state index in [1.54, 1.807) is 30.0 Å². The first-order valence-electron chi connectivity index (χ1n) is 12.2. The number of benzene rings is 2. The number of halogens is 1. The molecule has 2 aromatic rings. The summed E-state index contributed by atoms with van der Waals surface area (Å²) in [6.45, 7) is 8.63. The van der Waals surface area contributed by atoms with Gasteiger partial charge in [0, 0.05) is 31.1 Å². The summed E-state index contributed by atoms with van der Waals surface area (Å²) < 4.78 is 26.3. The molecule has 0 spiro atoms. The van der Waals surface area contributed by atoms with E-state index in [1.807, 2.05) is 51.1 Å². The Kier molecular flexibility index (Phi) is 11.2. The molecule has 7 nitrogen and oxygen atoms in total. The Labute approximate surface area is 220 Å². The van der Waals surface area contributed by atoms with Crippen LogP contribution in [0.5, 0.6) is 0 Å². The Morgan fingerprint density at radius 3 is 2.31 bits per heavy atom. The zero-order valence-corrected chi connectivity index (χ0v) is 23.4. The molecule has 198 valence electrons. The monoisotopic (exact) mass is 535 g/mol. The number of carbonyl (C=O) groups is 2. The summed E-state index contributed by atoms with van der Waals surface area (Å²) in [7, 11) is -3.58. The van der Waals surface area contributed by atoms with Crippen molar-refractivity contribution in [3.8, 4) is 0 Å². The highest BCUT2D eigenvalue weighted by Crippen LogP contribution is 2.26. The molecule has 0 saturated heterocycles. The van der Waals surface area contributed by atoms with E-state index in [9.17, 15) is 18.0 Å². The Morgan fingerprint density at radius 1 is 1.03 bits per heavy atom. The van der Waals surface area contributed by atoms with Gasteiger partial charge in [0.25, 0.3) is 0 Å². The van der Waals surface area contributed by atoms with E-state index in [1.165, 1.54) is 4.31 Å². The highest BCUT2D eigenvalue weighted by Gasteiger charge is 2.26. The topological polar surface area (TPSA) is 86.8 Å². The molecule has 0 aliphatic heterocycles. The van der Waals surface area contributed by atoms with Crippen LogP contribution in [0.1, 0.15) is 44.7 Å². The van der Waals surface area contributed by atoms with Gasteiger partial charge in [-0.2, -0.15) is 0 Å². The SMILES string of the molecule is Cc1ccc(Cl)cc1N(CCCC(=O)N(CCc1ccccc1)C(C)C(=O)NCC(C)C)S(C)(=O)=O. The van der Waals surface area contributed by atoms with Gasteiger partial charge in [-0.1, -0.05) is 61.8 Å². The largest absolute Gasteiger partial charge is 0.354 e. The summed E-state index contributed by atoms with van der Waals surface area (Å²) in [5.41, 5.74) is 2.35. The van der Waals surface area contributed by atoms with E-state index >= 15 is 0 Å². The fourth-order valence-electron chi connectivity index (χ4n) is 3.86. The number of rotatable bonds is 13. The lowest BCUT2D eigenvalue weighted by atomic mass is 10.1. The Balaban J connectivity index is 2.13. The van der Waals surface area contributed by atoms with Crippen molar-refractivity contribution in [2.75, 3.05) is 30.2 Å². The van der Waals surface area contributed by atoms with Crippen molar-refractivity contribution >= 4 is 39.1 Å². The molecule has 2 aromatic carbocycles. The Morgan fingerprint density at radius 2 is 1.69 bits per heavy atom. The lowest BCUT2D eigenvalue weighted by Gasteiger charge is -2.30. The number of carbonyl (C=O) groups excluding carboxylic acids is 2. The zero-order valence-electron chi connectivity index (χ0n) is 21.8. The van der Waals surface area contributed by atoms with Crippen LogP contribution in [0.2, 0.25) is 5.02 Å². The molecule has 0 saturated carbocycles. The van der Waals surface area contributed by atoms with E-state index in [2.05, 4.69) is 5.32 Å². The fourth-order valence-corrected chi connectivity index (χ4v) is 5.04. The molecule has 9 heteroatoms. The maximum Gasteiger partial charge on any atom is 0.242 e. The standard InChI is InChI=1S/C27H38ClN3O4S/c1-20(2)19-29-27(33)22(4)30(17-15-23-10-7-6-8-11-23)26(32)12-9-16-31(36(5,34)35)25-18-24(28)14-13-21(25)3/h6-8,10-11,13-14,18,20,22H,9,12,15-17,19H2,1-5H3,(H,29,33). The summed E-state index contributed by atoms with van der Waals surface area (Å²) in [5, 5.41) is 3.35. The van der Waals surface area contributed by atoms with Gasteiger partial charge in [-0.05, 0) is 55.9 Å². The second-order valence-electron chi connectivity index (χ2n) is 9.51. The molecule has 0 aliphatic rings. The molecule has 0 bridgehead atoms. The van der Waals surface area contributed by atoms with Crippen LogP contribution >= 0.6 is 11.6 Å². The minimum absolute atomic E-state index is 0.113. The average molecular weight is 536 g/mol. The van der Waals surface area contributed by atoms with Gasteiger partial charge in [-0.3, -0.25) is 13.9 Å². The van der Waals surface area contributed by atoms with Gasteiger partial charge in [0.05, 0.1) is 11.9 Å². The lowest BCUT2D eigenvalue weighted by molar-refractivity contribution is -0.140. The van der Waals surface area contributed by atoms with Crippen LogP contribution in [-0.4, -0.2) is 57.1 Å². The van der Waals surface area contributed by atoms with Crippen LogP contribution in [0.4, 0.5) is 5.69 Å². The van der Waals surface area contributed by atoms with Crippen LogP contribution in [0.3, 0.4) is 0 Å². The molecular formula is C27H38ClN3O4S. The number of nitrogens with one attached hydrogen (secondary N) is 1. The van der Waals surface area contributed by atoms with Crippen molar-refractivity contribution in [2.24, 2.45) is 5.92 Å². The second kappa shape index (κ2) is 13.7. The van der Waals surface area contributed by atoms with Crippen LogP contribution < -0.4 is 9.62 Å². The molecule has 0 fully saturated rings. The normalized spacial score (nSPS) is 12.3. The highest BCUT2D eigenvalue weighted by atomic mass is 35.5. The van der Waals surface area contributed by atoms with Crippen LogP contribution in [0, 0.1) is 12.8 Å². The maximum absolute atomic E-state index is 13.3. The summed E-state index contributed by atoms with van der Waals surface area (Å²) >= 11 is 6.11. The molecule has 2 amide bonds.